The number of rotatable bonds is 6. The minimum absolute atomic E-state index is 0.0689. The molecule has 0 saturated carbocycles. The van der Waals surface area contributed by atoms with Crippen LogP contribution in [0.2, 0.25) is 0 Å². The molecule has 172 valence electrons. The number of carbonyl (C=O) groups excluding carboxylic acids is 1. The molecule has 0 aliphatic heterocycles. The summed E-state index contributed by atoms with van der Waals surface area (Å²) in [5, 5.41) is 10.2. The van der Waals surface area contributed by atoms with Gasteiger partial charge in [0.1, 0.15) is 5.56 Å². The fourth-order valence-corrected chi connectivity index (χ4v) is 4.93. The van der Waals surface area contributed by atoms with Crippen LogP contribution in [0.1, 0.15) is 21.5 Å². The molecule has 0 spiro atoms. The summed E-state index contributed by atoms with van der Waals surface area (Å²) in [5.74, 6) is -1.77. The Balaban J connectivity index is 1.68. The Hall–Kier alpha value is -4.17. The Bertz CT molecular complexity index is 1530. The summed E-state index contributed by atoms with van der Waals surface area (Å²) in [6.45, 7) is 1.84. The Morgan fingerprint density at radius 3 is 2.29 bits per heavy atom. The fraction of sp³-hybridized carbons (Fsp3) is 0.0769. The average molecular weight is 475 g/mol. The van der Waals surface area contributed by atoms with E-state index in [1.54, 1.807) is 19.1 Å². The first-order chi connectivity index (χ1) is 16.3. The van der Waals surface area contributed by atoms with Gasteiger partial charge in [0.2, 0.25) is 5.43 Å². The third kappa shape index (κ3) is 4.77. The molecule has 4 aromatic rings. The van der Waals surface area contributed by atoms with Gasteiger partial charge < -0.3 is 9.67 Å². The monoisotopic (exact) mass is 474 g/mol. The first-order valence-corrected chi connectivity index (χ1v) is 11.9. The van der Waals surface area contributed by atoms with Crippen molar-refractivity contribution in [3.8, 4) is 16.9 Å². The van der Waals surface area contributed by atoms with Gasteiger partial charge in [0.05, 0.1) is 11.1 Å². The second-order valence-corrected chi connectivity index (χ2v) is 9.43. The van der Waals surface area contributed by atoms with Crippen molar-refractivity contribution in [2.75, 3.05) is 0 Å². The third-order valence-corrected chi connectivity index (χ3v) is 6.86. The summed E-state index contributed by atoms with van der Waals surface area (Å²) in [6.07, 6.45) is 2.46. The van der Waals surface area contributed by atoms with Crippen LogP contribution >= 0.6 is 0 Å². The normalized spacial score (nSPS) is 11.2. The molecule has 2 N–H and O–H groups in total. The molecule has 0 bridgehead atoms. The second kappa shape index (κ2) is 9.36. The lowest BCUT2D eigenvalue weighted by Gasteiger charge is -2.14. The zero-order valence-electron chi connectivity index (χ0n) is 18.3. The number of benzene rings is 3. The van der Waals surface area contributed by atoms with Crippen molar-refractivity contribution in [1.29, 1.82) is 0 Å². The highest BCUT2D eigenvalue weighted by atomic mass is 32.2. The van der Waals surface area contributed by atoms with E-state index in [1.807, 2.05) is 59.3 Å². The van der Waals surface area contributed by atoms with Gasteiger partial charge in [0.15, 0.2) is 5.75 Å². The lowest BCUT2D eigenvalue weighted by Crippen LogP contribution is -2.34. The molecule has 4 rings (SSSR count). The highest BCUT2D eigenvalue weighted by Gasteiger charge is 2.23. The van der Waals surface area contributed by atoms with Crippen LogP contribution < -0.4 is 10.2 Å². The molecule has 1 heterocycles. The number of hydrogen-bond acceptors (Lipinski definition) is 5. The van der Waals surface area contributed by atoms with Crippen molar-refractivity contribution in [2.24, 2.45) is 0 Å². The molecule has 0 saturated heterocycles. The Morgan fingerprint density at radius 1 is 0.912 bits per heavy atom. The molecule has 1 amide bonds. The number of aromatic nitrogens is 1. The van der Waals surface area contributed by atoms with E-state index in [-0.39, 0.29) is 11.4 Å². The molecule has 0 fully saturated rings. The van der Waals surface area contributed by atoms with Crippen molar-refractivity contribution in [1.82, 2.24) is 9.29 Å². The lowest BCUT2D eigenvalue weighted by atomic mass is 9.99. The number of hydrogen-bond donors (Lipinski definition) is 2. The fourth-order valence-electron chi connectivity index (χ4n) is 3.71. The van der Waals surface area contributed by atoms with Crippen molar-refractivity contribution < 1.29 is 18.3 Å². The smallest absolute Gasteiger partial charge is 0.270 e. The summed E-state index contributed by atoms with van der Waals surface area (Å²) in [4.78, 5) is 25.2. The predicted molar refractivity (Wildman–Crippen MR) is 129 cm³/mol. The van der Waals surface area contributed by atoms with Gasteiger partial charge in [-0.05, 0) is 35.2 Å². The number of carbonyl (C=O) groups is 1. The molecule has 0 unspecified atom stereocenters. The van der Waals surface area contributed by atoms with E-state index in [2.05, 4.69) is 0 Å². The molecule has 8 heteroatoms. The number of sulfonamides is 1. The van der Waals surface area contributed by atoms with Crippen LogP contribution in [0.5, 0.6) is 5.75 Å². The lowest BCUT2D eigenvalue weighted by molar-refractivity contribution is 0.0979. The minimum atomic E-state index is -4.21. The number of aryl methyl sites for hydroxylation is 1. The van der Waals surface area contributed by atoms with Crippen LogP contribution in [-0.4, -0.2) is 24.0 Å². The Kier molecular flexibility index (Phi) is 6.34. The minimum Gasteiger partial charge on any atom is -0.503 e. The molecule has 0 radical (unpaired) electrons. The molecule has 3 aromatic carbocycles. The van der Waals surface area contributed by atoms with Gasteiger partial charge in [-0.3, -0.25) is 9.59 Å². The quantitative estimate of drug-likeness (QED) is 0.443. The van der Waals surface area contributed by atoms with Gasteiger partial charge in [-0.2, -0.15) is 0 Å². The van der Waals surface area contributed by atoms with Crippen molar-refractivity contribution in [2.45, 2.75) is 18.4 Å². The van der Waals surface area contributed by atoms with Gasteiger partial charge in [0.25, 0.3) is 15.9 Å². The van der Waals surface area contributed by atoms with Crippen LogP contribution in [0.15, 0.2) is 101 Å². The van der Waals surface area contributed by atoms with Crippen molar-refractivity contribution in [3.63, 3.8) is 0 Å². The molecular formula is C26H22N2O5S. The molecule has 0 aliphatic carbocycles. The highest BCUT2D eigenvalue weighted by Crippen LogP contribution is 2.24. The molecule has 7 nitrogen and oxygen atoms in total. The number of pyridine rings is 1. The third-order valence-electron chi connectivity index (χ3n) is 5.37. The number of nitrogens with one attached hydrogen (secondary N) is 1. The maximum Gasteiger partial charge on any atom is 0.270 e. The van der Waals surface area contributed by atoms with Crippen LogP contribution in [0.4, 0.5) is 0 Å². The van der Waals surface area contributed by atoms with Gasteiger partial charge in [-0.25, -0.2) is 13.1 Å². The van der Waals surface area contributed by atoms with E-state index < -0.39 is 32.7 Å². The zero-order chi connectivity index (χ0) is 24.3. The Labute approximate surface area is 197 Å². The summed E-state index contributed by atoms with van der Waals surface area (Å²) in [6, 6.07) is 23.5. The molecular weight excluding hydrogens is 452 g/mol. The van der Waals surface area contributed by atoms with E-state index in [4.69, 9.17) is 0 Å². The molecule has 0 aliphatic rings. The van der Waals surface area contributed by atoms with E-state index in [0.717, 1.165) is 16.7 Å². The molecule has 1 aromatic heterocycles. The predicted octanol–water partition coefficient (Wildman–Crippen LogP) is 3.70. The summed E-state index contributed by atoms with van der Waals surface area (Å²) in [5.41, 5.74) is 1.85. The van der Waals surface area contributed by atoms with E-state index >= 15 is 0 Å². The van der Waals surface area contributed by atoms with Crippen LogP contribution in [0.25, 0.3) is 11.1 Å². The SMILES string of the molecule is Cc1ccccc1S(=O)(=O)NC(=O)c1cn(Cc2ccccc2-c2ccccc2)cc(O)c1=O. The standard InChI is InChI=1S/C26H22N2O5S/c1-18-9-5-8-14-24(18)34(32,33)27-26(31)22-16-28(17-23(29)25(22)30)15-20-12-6-7-13-21(20)19-10-3-2-4-11-19/h2-14,16-17,29H,15H2,1H3,(H,27,31). The number of nitrogens with zero attached hydrogens (tertiary/aromatic N) is 1. The van der Waals surface area contributed by atoms with Crippen molar-refractivity contribution in [3.05, 3.63) is 118 Å². The molecule has 34 heavy (non-hydrogen) atoms. The Morgan fingerprint density at radius 2 is 1.56 bits per heavy atom. The number of aromatic hydroxyl groups is 1. The second-order valence-electron chi connectivity index (χ2n) is 7.78. The average Bonchev–Trinajstić information content (AvgIpc) is 2.82. The summed E-state index contributed by atoms with van der Waals surface area (Å²) >= 11 is 0. The highest BCUT2D eigenvalue weighted by molar-refractivity contribution is 7.90. The van der Waals surface area contributed by atoms with E-state index in [9.17, 15) is 23.1 Å². The summed E-state index contributed by atoms with van der Waals surface area (Å²) < 4.78 is 28.8. The van der Waals surface area contributed by atoms with Crippen molar-refractivity contribution >= 4 is 15.9 Å². The first kappa shape index (κ1) is 23.0. The maximum absolute atomic E-state index is 12.8. The topological polar surface area (TPSA) is 105 Å². The van der Waals surface area contributed by atoms with E-state index in [1.165, 1.54) is 29.1 Å². The van der Waals surface area contributed by atoms with E-state index in [0.29, 0.717) is 5.56 Å². The maximum atomic E-state index is 12.8. The summed E-state index contributed by atoms with van der Waals surface area (Å²) in [7, 11) is -4.21. The zero-order valence-corrected chi connectivity index (χ0v) is 19.1. The first-order valence-electron chi connectivity index (χ1n) is 10.5. The van der Waals surface area contributed by atoms with Crippen LogP contribution in [-0.2, 0) is 16.6 Å². The van der Waals surface area contributed by atoms with Gasteiger partial charge in [-0.1, -0.05) is 72.8 Å². The van der Waals surface area contributed by atoms with Gasteiger partial charge in [0, 0.05) is 12.7 Å². The van der Waals surface area contributed by atoms with Crippen LogP contribution in [0.3, 0.4) is 0 Å². The largest absolute Gasteiger partial charge is 0.503 e. The van der Waals surface area contributed by atoms with Crippen LogP contribution in [0, 0.1) is 6.92 Å². The van der Waals surface area contributed by atoms with Gasteiger partial charge in [-0.15, -0.1) is 0 Å². The van der Waals surface area contributed by atoms with Gasteiger partial charge >= 0.3 is 0 Å². The number of amides is 1. The molecule has 0 atom stereocenters.